The molecule has 0 bridgehead atoms. The van der Waals surface area contributed by atoms with E-state index in [2.05, 4.69) is 31.5 Å². The molecule has 0 saturated carbocycles. The zero-order valence-electron chi connectivity index (χ0n) is 10.7. The number of rotatable bonds is 4. The Balaban J connectivity index is 2.13. The van der Waals surface area contributed by atoms with Gasteiger partial charge in [-0.2, -0.15) is 0 Å². The molecule has 0 fully saturated rings. The summed E-state index contributed by atoms with van der Waals surface area (Å²) >= 11 is 5.05. The molecule has 0 radical (unpaired) electrons. The summed E-state index contributed by atoms with van der Waals surface area (Å²) in [6.07, 6.45) is 0. The Hall–Kier alpha value is -1.40. The molecule has 0 aliphatic heterocycles. The van der Waals surface area contributed by atoms with Crippen LogP contribution < -0.4 is 10.6 Å². The third kappa shape index (κ3) is 4.04. The van der Waals surface area contributed by atoms with E-state index in [-0.39, 0.29) is 5.91 Å². The van der Waals surface area contributed by atoms with Crippen molar-refractivity contribution in [2.24, 2.45) is 0 Å². The Labute approximate surface area is 124 Å². The average molecular weight is 340 g/mol. The molecule has 0 aliphatic rings. The number of anilines is 2. The van der Waals surface area contributed by atoms with Crippen molar-refractivity contribution in [2.45, 2.75) is 20.4 Å². The molecule has 0 spiro atoms. The van der Waals surface area contributed by atoms with E-state index in [9.17, 15) is 4.79 Å². The summed E-state index contributed by atoms with van der Waals surface area (Å²) in [5.74, 6) is -0.0881. The fraction of sp³-hybridized carbons (Fsp3) is 0.231. The average Bonchev–Trinajstić information content (AvgIpc) is 2.75. The molecule has 1 amide bonds. The lowest BCUT2D eigenvalue weighted by atomic mass is 10.2. The van der Waals surface area contributed by atoms with E-state index in [1.807, 2.05) is 30.5 Å². The highest BCUT2D eigenvalue weighted by Crippen LogP contribution is 2.26. The van der Waals surface area contributed by atoms with Crippen LogP contribution in [0.15, 0.2) is 28.1 Å². The van der Waals surface area contributed by atoms with Crippen molar-refractivity contribution in [3.05, 3.63) is 38.8 Å². The van der Waals surface area contributed by atoms with Gasteiger partial charge < -0.3 is 10.6 Å². The summed E-state index contributed by atoms with van der Waals surface area (Å²) in [6, 6.07) is 5.69. The quantitative estimate of drug-likeness (QED) is 0.890. The molecule has 1 aromatic heterocycles. The number of hydrogen-bond donors (Lipinski definition) is 2. The van der Waals surface area contributed by atoms with E-state index >= 15 is 0 Å². The third-order valence-electron chi connectivity index (χ3n) is 2.42. The summed E-state index contributed by atoms with van der Waals surface area (Å²) in [7, 11) is 0. The van der Waals surface area contributed by atoms with Crippen molar-refractivity contribution in [1.29, 1.82) is 0 Å². The fourth-order valence-corrected chi connectivity index (χ4v) is 2.61. The minimum absolute atomic E-state index is 0.0881. The van der Waals surface area contributed by atoms with E-state index in [0.717, 1.165) is 26.5 Å². The van der Waals surface area contributed by atoms with E-state index in [4.69, 9.17) is 0 Å². The number of hydrogen-bond acceptors (Lipinski definition) is 4. The van der Waals surface area contributed by atoms with Gasteiger partial charge in [0.05, 0.1) is 28.6 Å². The van der Waals surface area contributed by atoms with Crippen LogP contribution in [0.4, 0.5) is 11.4 Å². The van der Waals surface area contributed by atoms with Gasteiger partial charge >= 0.3 is 0 Å². The van der Waals surface area contributed by atoms with Crippen molar-refractivity contribution < 1.29 is 4.79 Å². The van der Waals surface area contributed by atoms with Crippen molar-refractivity contribution in [1.82, 2.24) is 4.98 Å². The van der Waals surface area contributed by atoms with Gasteiger partial charge in [-0.05, 0) is 25.1 Å². The van der Waals surface area contributed by atoms with Crippen LogP contribution in [-0.4, -0.2) is 10.9 Å². The van der Waals surface area contributed by atoms with E-state index in [1.165, 1.54) is 6.92 Å². The number of carbonyl (C=O) groups is 1. The van der Waals surface area contributed by atoms with Gasteiger partial charge in [0.2, 0.25) is 5.91 Å². The molecule has 1 heterocycles. The number of nitrogens with one attached hydrogen (secondary N) is 2. The topological polar surface area (TPSA) is 54.0 Å². The first-order chi connectivity index (χ1) is 9.04. The predicted molar refractivity (Wildman–Crippen MR) is 82.6 cm³/mol. The smallest absolute Gasteiger partial charge is 0.221 e. The van der Waals surface area contributed by atoms with E-state index in [1.54, 1.807) is 11.3 Å². The molecule has 2 aromatic rings. The van der Waals surface area contributed by atoms with E-state index < -0.39 is 0 Å². The maximum absolute atomic E-state index is 11.2. The largest absolute Gasteiger partial charge is 0.378 e. The lowest BCUT2D eigenvalue weighted by Crippen LogP contribution is -2.09. The standard InChI is InChI=1S/C13H14BrN3OS/c1-8(18)16-12-4-3-10(14)5-13(12)15-6-11-7-19-9(2)17-11/h3-5,7,15H,6H2,1-2H3,(H,16,18). The van der Waals surface area contributed by atoms with E-state index in [0.29, 0.717) is 6.54 Å². The first kappa shape index (κ1) is 14.0. The summed E-state index contributed by atoms with van der Waals surface area (Å²) in [6.45, 7) is 4.11. The molecule has 6 heteroatoms. The van der Waals surface area contributed by atoms with Crippen LogP contribution in [-0.2, 0) is 11.3 Å². The minimum atomic E-state index is -0.0881. The molecule has 0 atom stereocenters. The molecule has 4 nitrogen and oxygen atoms in total. The molecule has 1 aromatic carbocycles. The van der Waals surface area contributed by atoms with Gasteiger partial charge in [0, 0.05) is 16.8 Å². The SMILES string of the molecule is CC(=O)Nc1ccc(Br)cc1NCc1csc(C)n1. The van der Waals surface area contributed by atoms with Crippen molar-refractivity contribution >= 4 is 44.5 Å². The number of aryl methyl sites for hydroxylation is 1. The Bertz CT molecular complexity index is 597. The van der Waals surface area contributed by atoms with Gasteiger partial charge in [0.25, 0.3) is 0 Å². The number of halogens is 1. The predicted octanol–water partition coefficient (Wildman–Crippen LogP) is 3.78. The maximum atomic E-state index is 11.2. The lowest BCUT2D eigenvalue weighted by Gasteiger charge is -2.12. The van der Waals surface area contributed by atoms with Gasteiger partial charge in [-0.1, -0.05) is 15.9 Å². The molecular weight excluding hydrogens is 326 g/mol. The van der Waals surface area contributed by atoms with Gasteiger partial charge in [0.1, 0.15) is 0 Å². The Morgan fingerprint density at radius 1 is 1.42 bits per heavy atom. The highest BCUT2D eigenvalue weighted by atomic mass is 79.9. The Morgan fingerprint density at radius 2 is 2.21 bits per heavy atom. The Morgan fingerprint density at radius 3 is 2.84 bits per heavy atom. The lowest BCUT2D eigenvalue weighted by molar-refractivity contribution is -0.114. The molecule has 2 rings (SSSR count). The maximum Gasteiger partial charge on any atom is 0.221 e. The second kappa shape index (κ2) is 6.16. The molecule has 19 heavy (non-hydrogen) atoms. The van der Waals surface area contributed by atoms with Crippen molar-refractivity contribution in [3.8, 4) is 0 Å². The number of aromatic nitrogens is 1. The third-order valence-corrected chi connectivity index (χ3v) is 3.73. The second-order valence-corrected chi connectivity index (χ2v) is 6.06. The first-order valence-corrected chi connectivity index (χ1v) is 7.44. The molecule has 0 aliphatic carbocycles. The van der Waals surface area contributed by atoms with Crippen LogP contribution in [0, 0.1) is 6.92 Å². The number of thiazole rings is 1. The zero-order valence-corrected chi connectivity index (χ0v) is 13.1. The molecule has 0 saturated heterocycles. The number of carbonyl (C=O) groups excluding carboxylic acids is 1. The van der Waals surface area contributed by atoms with Crippen LogP contribution in [0.25, 0.3) is 0 Å². The normalized spacial score (nSPS) is 10.3. The highest BCUT2D eigenvalue weighted by Gasteiger charge is 2.06. The van der Waals surface area contributed by atoms with Gasteiger partial charge in [0.15, 0.2) is 0 Å². The van der Waals surface area contributed by atoms with Crippen molar-refractivity contribution in [3.63, 3.8) is 0 Å². The van der Waals surface area contributed by atoms with Gasteiger partial charge in [-0.3, -0.25) is 4.79 Å². The molecular formula is C13H14BrN3OS. The van der Waals surface area contributed by atoms with Crippen LogP contribution >= 0.6 is 27.3 Å². The summed E-state index contributed by atoms with van der Waals surface area (Å²) < 4.78 is 0.957. The summed E-state index contributed by atoms with van der Waals surface area (Å²) in [5, 5.41) is 9.17. The molecule has 2 N–H and O–H groups in total. The zero-order chi connectivity index (χ0) is 13.8. The van der Waals surface area contributed by atoms with Crippen molar-refractivity contribution in [2.75, 3.05) is 10.6 Å². The minimum Gasteiger partial charge on any atom is -0.378 e. The van der Waals surface area contributed by atoms with Gasteiger partial charge in [-0.15, -0.1) is 11.3 Å². The highest BCUT2D eigenvalue weighted by molar-refractivity contribution is 9.10. The molecule has 0 unspecified atom stereocenters. The van der Waals surface area contributed by atoms with Crippen LogP contribution in [0.3, 0.4) is 0 Å². The first-order valence-electron chi connectivity index (χ1n) is 5.76. The Kier molecular flexibility index (Phi) is 4.55. The van der Waals surface area contributed by atoms with Gasteiger partial charge in [-0.25, -0.2) is 4.98 Å². The monoisotopic (exact) mass is 339 g/mol. The fourth-order valence-electron chi connectivity index (χ4n) is 1.64. The van der Waals surface area contributed by atoms with Crippen LogP contribution in [0.1, 0.15) is 17.6 Å². The second-order valence-electron chi connectivity index (χ2n) is 4.08. The van der Waals surface area contributed by atoms with Crippen LogP contribution in [0.2, 0.25) is 0 Å². The number of nitrogens with zero attached hydrogens (tertiary/aromatic N) is 1. The van der Waals surface area contributed by atoms with Crippen LogP contribution in [0.5, 0.6) is 0 Å². The summed E-state index contributed by atoms with van der Waals surface area (Å²) in [4.78, 5) is 15.6. The molecule has 100 valence electrons. The number of benzene rings is 1. The number of amides is 1. The summed E-state index contributed by atoms with van der Waals surface area (Å²) in [5.41, 5.74) is 2.63.